The lowest BCUT2D eigenvalue weighted by molar-refractivity contribution is -0.157. The minimum atomic E-state index is -4.45. The van der Waals surface area contributed by atoms with Crippen molar-refractivity contribution < 1.29 is 22.8 Å². The van der Waals surface area contributed by atoms with Crippen molar-refractivity contribution >= 4 is 11.8 Å². The molecule has 26 heavy (non-hydrogen) atoms. The van der Waals surface area contributed by atoms with Gasteiger partial charge in [0.15, 0.2) is 0 Å². The first-order chi connectivity index (χ1) is 12.3. The van der Waals surface area contributed by atoms with Crippen molar-refractivity contribution in [2.75, 3.05) is 13.1 Å². The van der Waals surface area contributed by atoms with Crippen molar-refractivity contribution in [1.82, 2.24) is 10.2 Å². The fraction of sp³-hybridized carbons (Fsp3) is 0.579. The molecule has 1 aromatic carbocycles. The highest BCUT2D eigenvalue weighted by molar-refractivity contribution is 5.89. The Morgan fingerprint density at radius 3 is 2.58 bits per heavy atom. The van der Waals surface area contributed by atoms with E-state index in [1.54, 1.807) is 0 Å². The Morgan fingerprint density at radius 2 is 1.96 bits per heavy atom. The highest BCUT2D eigenvalue weighted by atomic mass is 19.4. The summed E-state index contributed by atoms with van der Waals surface area (Å²) in [7, 11) is 0. The minimum absolute atomic E-state index is 0.168. The highest BCUT2D eigenvalue weighted by Crippen LogP contribution is 2.26. The van der Waals surface area contributed by atoms with Crippen LogP contribution in [0.5, 0.6) is 0 Å². The molecule has 1 heterocycles. The minimum Gasteiger partial charge on any atom is -0.349 e. The molecule has 4 nitrogen and oxygen atoms in total. The molecule has 2 unspecified atom stereocenters. The van der Waals surface area contributed by atoms with E-state index < -0.39 is 24.5 Å². The molecule has 1 aromatic rings. The zero-order valence-corrected chi connectivity index (χ0v) is 14.9. The van der Waals surface area contributed by atoms with Crippen molar-refractivity contribution in [1.29, 1.82) is 0 Å². The molecule has 0 aromatic heterocycles. The lowest BCUT2D eigenvalue weighted by atomic mass is 9.99. The number of hydrogen-bond donors (Lipinski definition) is 1. The molecule has 7 heteroatoms. The zero-order chi connectivity index (χ0) is 19.2. The predicted octanol–water partition coefficient (Wildman–Crippen LogP) is 3.84. The predicted molar refractivity (Wildman–Crippen MR) is 92.2 cm³/mol. The van der Waals surface area contributed by atoms with E-state index >= 15 is 0 Å². The summed E-state index contributed by atoms with van der Waals surface area (Å²) < 4.78 is 37.6. The molecule has 2 amide bonds. The largest absolute Gasteiger partial charge is 0.406 e. The molecule has 0 bridgehead atoms. The number of nitrogens with zero attached hydrogens (tertiary/aromatic N) is 1. The Labute approximate surface area is 151 Å². The first-order valence-corrected chi connectivity index (χ1v) is 9.00. The number of rotatable bonds is 8. The van der Waals surface area contributed by atoms with E-state index in [0.717, 1.165) is 36.1 Å². The van der Waals surface area contributed by atoms with Crippen LogP contribution in [0.15, 0.2) is 30.3 Å². The van der Waals surface area contributed by atoms with Crippen molar-refractivity contribution in [3.05, 3.63) is 35.9 Å². The zero-order valence-electron chi connectivity index (χ0n) is 14.9. The summed E-state index contributed by atoms with van der Waals surface area (Å²) in [6.07, 6.45) is -0.817. The van der Waals surface area contributed by atoms with Crippen LogP contribution in [-0.2, 0) is 9.59 Å². The number of amides is 2. The maximum Gasteiger partial charge on any atom is 0.406 e. The number of carbonyl (C=O) groups excluding carboxylic acids is 2. The standard InChI is InChI=1S/C19H25F3N2O2/c1-2-3-5-10-16(14-8-6-4-7-9-14)23-18(26)15-11-17(25)24(12-15)13-19(20,21)22/h4,6-9,15-16H,2-3,5,10-13H2,1H3,(H,23,26). The van der Waals surface area contributed by atoms with E-state index in [1.807, 2.05) is 30.3 Å². The quantitative estimate of drug-likeness (QED) is 0.707. The van der Waals surface area contributed by atoms with Crippen LogP contribution < -0.4 is 5.32 Å². The Hall–Kier alpha value is -2.05. The Kier molecular flexibility index (Phi) is 7.06. The second-order valence-electron chi connectivity index (χ2n) is 6.76. The molecule has 0 saturated carbocycles. The second kappa shape index (κ2) is 9.05. The Bertz CT molecular complexity index is 605. The number of nitrogens with one attached hydrogen (secondary N) is 1. The molecule has 144 valence electrons. The van der Waals surface area contributed by atoms with Crippen LogP contribution >= 0.6 is 0 Å². The van der Waals surface area contributed by atoms with Gasteiger partial charge in [-0.05, 0) is 12.0 Å². The van der Waals surface area contributed by atoms with Gasteiger partial charge in [0.25, 0.3) is 0 Å². The summed E-state index contributed by atoms with van der Waals surface area (Å²) in [6.45, 7) is 0.615. The van der Waals surface area contributed by atoms with Crippen molar-refractivity contribution in [2.45, 2.75) is 51.2 Å². The number of hydrogen-bond acceptors (Lipinski definition) is 2. The van der Waals surface area contributed by atoms with Gasteiger partial charge in [-0.2, -0.15) is 13.2 Å². The number of halogens is 3. The monoisotopic (exact) mass is 370 g/mol. The summed E-state index contributed by atoms with van der Waals surface area (Å²) in [5, 5.41) is 2.94. The van der Waals surface area contributed by atoms with Crippen molar-refractivity contribution in [3.63, 3.8) is 0 Å². The van der Waals surface area contributed by atoms with Gasteiger partial charge >= 0.3 is 6.18 Å². The van der Waals surface area contributed by atoms with Crippen molar-refractivity contribution in [3.8, 4) is 0 Å². The lowest BCUT2D eigenvalue weighted by Gasteiger charge is -2.22. The first kappa shape index (κ1) is 20.3. The summed E-state index contributed by atoms with van der Waals surface area (Å²) in [6, 6.07) is 9.32. The van der Waals surface area contributed by atoms with Crippen LogP contribution in [0.1, 0.15) is 50.6 Å². The van der Waals surface area contributed by atoms with Gasteiger partial charge in [0.05, 0.1) is 12.0 Å². The number of carbonyl (C=O) groups is 2. The van der Waals surface area contributed by atoms with E-state index in [4.69, 9.17) is 0 Å². The van der Waals surface area contributed by atoms with Gasteiger partial charge in [-0.1, -0.05) is 56.5 Å². The van der Waals surface area contributed by atoms with E-state index in [-0.39, 0.29) is 24.9 Å². The topological polar surface area (TPSA) is 49.4 Å². The van der Waals surface area contributed by atoms with Crippen LogP contribution in [0.3, 0.4) is 0 Å². The summed E-state index contributed by atoms with van der Waals surface area (Å²) in [5.41, 5.74) is 0.966. The van der Waals surface area contributed by atoms with E-state index in [1.165, 1.54) is 0 Å². The van der Waals surface area contributed by atoms with E-state index in [9.17, 15) is 22.8 Å². The number of benzene rings is 1. The maximum absolute atomic E-state index is 12.5. The number of likely N-dealkylation sites (tertiary alicyclic amines) is 1. The summed E-state index contributed by atoms with van der Waals surface area (Å²) in [5.74, 6) is -1.71. The molecule has 1 N–H and O–H groups in total. The van der Waals surface area contributed by atoms with E-state index in [0.29, 0.717) is 0 Å². The Morgan fingerprint density at radius 1 is 1.27 bits per heavy atom. The first-order valence-electron chi connectivity index (χ1n) is 9.00. The molecule has 1 aliphatic heterocycles. The third kappa shape index (κ3) is 6.04. The molecule has 0 radical (unpaired) electrons. The molecular formula is C19H25F3N2O2. The average molecular weight is 370 g/mol. The summed E-state index contributed by atoms with van der Waals surface area (Å²) >= 11 is 0. The molecule has 1 fully saturated rings. The van der Waals surface area contributed by atoms with Gasteiger partial charge in [-0.15, -0.1) is 0 Å². The SMILES string of the molecule is CCCCCC(NC(=O)C1CC(=O)N(CC(F)(F)F)C1)c1ccccc1. The second-order valence-corrected chi connectivity index (χ2v) is 6.76. The third-order valence-corrected chi connectivity index (χ3v) is 4.57. The fourth-order valence-electron chi connectivity index (χ4n) is 3.21. The van der Waals surface area contributed by atoms with Gasteiger partial charge < -0.3 is 10.2 Å². The van der Waals surface area contributed by atoms with Gasteiger partial charge in [0.2, 0.25) is 11.8 Å². The van der Waals surface area contributed by atoms with Crippen LogP contribution in [0.4, 0.5) is 13.2 Å². The van der Waals surface area contributed by atoms with Gasteiger partial charge in [-0.25, -0.2) is 0 Å². The number of unbranched alkanes of at least 4 members (excludes halogenated alkanes) is 2. The fourth-order valence-corrected chi connectivity index (χ4v) is 3.21. The molecule has 0 aliphatic carbocycles. The van der Waals surface area contributed by atoms with Crippen LogP contribution in [0.25, 0.3) is 0 Å². The van der Waals surface area contributed by atoms with Gasteiger partial charge in [-0.3, -0.25) is 9.59 Å². The lowest BCUT2D eigenvalue weighted by Crippen LogP contribution is -2.38. The van der Waals surface area contributed by atoms with E-state index in [2.05, 4.69) is 12.2 Å². The average Bonchev–Trinajstić information content (AvgIpc) is 2.94. The number of alkyl halides is 3. The summed E-state index contributed by atoms with van der Waals surface area (Å²) in [4.78, 5) is 25.0. The Balaban J connectivity index is 1.99. The molecule has 1 saturated heterocycles. The van der Waals surface area contributed by atoms with Crippen molar-refractivity contribution in [2.24, 2.45) is 5.92 Å². The maximum atomic E-state index is 12.5. The normalized spacial score (nSPS) is 18.8. The molecule has 2 rings (SSSR count). The molecule has 2 atom stereocenters. The molecule has 1 aliphatic rings. The van der Waals surface area contributed by atoms with Crippen LogP contribution in [-0.4, -0.2) is 36.0 Å². The smallest absolute Gasteiger partial charge is 0.349 e. The highest BCUT2D eigenvalue weighted by Gasteiger charge is 2.40. The van der Waals surface area contributed by atoms with Crippen LogP contribution in [0, 0.1) is 5.92 Å². The third-order valence-electron chi connectivity index (χ3n) is 4.57. The van der Waals surface area contributed by atoms with Crippen LogP contribution in [0.2, 0.25) is 0 Å². The molecule has 0 spiro atoms. The van der Waals surface area contributed by atoms with Gasteiger partial charge in [0.1, 0.15) is 6.54 Å². The molecular weight excluding hydrogens is 345 g/mol. The van der Waals surface area contributed by atoms with Gasteiger partial charge in [0, 0.05) is 13.0 Å².